The number of rotatable bonds is 4. The molecular weight excluding hydrogens is 288 g/mol. The Kier molecular flexibility index (Phi) is 4.09. The summed E-state index contributed by atoms with van der Waals surface area (Å²) in [7, 11) is 0. The van der Waals surface area contributed by atoms with Gasteiger partial charge in [-0.2, -0.15) is 0 Å². The fourth-order valence-electron chi connectivity index (χ4n) is 4.15. The van der Waals surface area contributed by atoms with Gasteiger partial charge < -0.3 is 9.47 Å². The number of esters is 1. The maximum atomic E-state index is 12.2. The van der Waals surface area contributed by atoms with Crippen LogP contribution in [-0.4, -0.2) is 24.8 Å². The minimum atomic E-state index is -0.250. The summed E-state index contributed by atoms with van der Waals surface area (Å²) < 4.78 is 11.8. The SMILES string of the molecule is C=C(C)C1CC2(COC(=O)c3ccccc3)COC(C)(C)C1C2. The standard InChI is InChI=1S/C20H26O3/c1-14(2)16-10-20(11-17(16)19(3,4)23-13-20)12-22-18(21)15-8-6-5-7-9-15/h5-9,16-17H,1,10-13H2,2-4H3. The normalized spacial score (nSPS) is 31.6. The van der Waals surface area contributed by atoms with Crippen molar-refractivity contribution in [3.05, 3.63) is 48.0 Å². The van der Waals surface area contributed by atoms with Crippen molar-refractivity contribution in [2.45, 2.75) is 39.2 Å². The summed E-state index contributed by atoms with van der Waals surface area (Å²) in [5.74, 6) is 0.646. The van der Waals surface area contributed by atoms with Crippen molar-refractivity contribution in [3.63, 3.8) is 0 Å². The lowest BCUT2D eigenvalue weighted by molar-refractivity contribution is -0.136. The van der Waals surface area contributed by atoms with Gasteiger partial charge in [0.05, 0.1) is 24.4 Å². The van der Waals surface area contributed by atoms with Crippen LogP contribution in [-0.2, 0) is 9.47 Å². The molecule has 0 aromatic heterocycles. The minimum Gasteiger partial charge on any atom is -0.461 e. The van der Waals surface area contributed by atoms with Gasteiger partial charge in [-0.1, -0.05) is 30.4 Å². The highest BCUT2D eigenvalue weighted by atomic mass is 16.5. The average molecular weight is 314 g/mol. The Morgan fingerprint density at radius 2 is 2.00 bits per heavy atom. The average Bonchev–Trinajstić information content (AvgIpc) is 2.89. The molecule has 3 unspecified atom stereocenters. The molecule has 1 aliphatic carbocycles. The van der Waals surface area contributed by atoms with Gasteiger partial charge in [0.25, 0.3) is 0 Å². The van der Waals surface area contributed by atoms with E-state index in [1.54, 1.807) is 12.1 Å². The Balaban J connectivity index is 1.71. The fraction of sp³-hybridized carbons (Fsp3) is 0.550. The van der Waals surface area contributed by atoms with Gasteiger partial charge >= 0.3 is 5.97 Å². The largest absolute Gasteiger partial charge is 0.461 e. The van der Waals surface area contributed by atoms with Crippen molar-refractivity contribution in [1.29, 1.82) is 0 Å². The molecule has 3 heteroatoms. The predicted octanol–water partition coefficient (Wildman–Crippen LogP) is 4.24. The van der Waals surface area contributed by atoms with Gasteiger partial charge in [0.15, 0.2) is 0 Å². The quantitative estimate of drug-likeness (QED) is 0.616. The Labute approximate surface area is 138 Å². The topological polar surface area (TPSA) is 35.5 Å². The Morgan fingerprint density at radius 1 is 1.30 bits per heavy atom. The summed E-state index contributed by atoms with van der Waals surface area (Å²) in [6.07, 6.45) is 2.04. The molecule has 23 heavy (non-hydrogen) atoms. The maximum Gasteiger partial charge on any atom is 0.338 e. The summed E-state index contributed by atoms with van der Waals surface area (Å²) in [5, 5.41) is 0. The number of carbonyl (C=O) groups excluding carboxylic acids is 1. The number of hydrogen-bond donors (Lipinski definition) is 0. The summed E-state index contributed by atoms with van der Waals surface area (Å²) in [5.41, 5.74) is 1.62. The molecule has 1 saturated heterocycles. The first kappa shape index (κ1) is 16.3. The molecule has 124 valence electrons. The van der Waals surface area contributed by atoms with Crippen LogP contribution in [0.2, 0.25) is 0 Å². The van der Waals surface area contributed by atoms with Gasteiger partial charge in [-0.05, 0) is 57.6 Å². The van der Waals surface area contributed by atoms with Gasteiger partial charge in [-0.15, -0.1) is 0 Å². The lowest BCUT2D eigenvalue weighted by Crippen LogP contribution is -2.45. The molecule has 3 atom stereocenters. The smallest absolute Gasteiger partial charge is 0.338 e. The van der Waals surface area contributed by atoms with E-state index in [4.69, 9.17) is 9.47 Å². The van der Waals surface area contributed by atoms with Gasteiger partial charge in [-0.3, -0.25) is 0 Å². The van der Waals surface area contributed by atoms with E-state index in [-0.39, 0.29) is 17.0 Å². The Hall–Kier alpha value is -1.61. The monoisotopic (exact) mass is 314 g/mol. The molecule has 0 spiro atoms. The highest BCUT2D eigenvalue weighted by Crippen LogP contribution is 2.56. The first-order valence-corrected chi connectivity index (χ1v) is 8.35. The van der Waals surface area contributed by atoms with Crippen molar-refractivity contribution in [1.82, 2.24) is 0 Å². The van der Waals surface area contributed by atoms with Gasteiger partial charge in [0.1, 0.15) is 0 Å². The zero-order valence-electron chi connectivity index (χ0n) is 14.3. The summed E-state index contributed by atoms with van der Waals surface area (Å²) in [4.78, 5) is 12.2. The van der Waals surface area contributed by atoms with Crippen molar-refractivity contribution < 1.29 is 14.3 Å². The van der Waals surface area contributed by atoms with Gasteiger partial charge in [0.2, 0.25) is 0 Å². The first-order chi connectivity index (χ1) is 10.8. The molecule has 0 N–H and O–H groups in total. The van der Waals surface area contributed by atoms with Crippen molar-refractivity contribution in [2.24, 2.45) is 17.3 Å². The lowest BCUT2D eigenvalue weighted by Gasteiger charge is -2.42. The molecule has 1 aromatic carbocycles. The van der Waals surface area contributed by atoms with Gasteiger partial charge in [-0.25, -0.2) is 4.79 Å². The fourth-order valence-corrected chi connectivity index (χ4v) is 4.15. The molecule has 0 amide bonds. The molecule has 2 fully saturated rings. The van der Waals surface area contributed by atoms with E-state index in [2.05, 4.69) is 27.4 Å². The van der Waals surface area contributed by atoms with Crippen LogP contribution in [0, 0.1) is 17.3 Å². The maximum absolute atomic E-state index is 12.2. The Morgan fingerprint density at radius 3 is 2.65 bits per heavy atom. The highest BCUT2D eigenvalue weighted by Gasteiger charge is 2.56. The van der Waals surface area contributed by atoms with Crippen molar-refractivity contribution in [2.75, 3.05) is 13.2 Å². The third-order valence-corrected chi connectivity index (χ3v) is 5.59. The van der Waals surface area contributed by atoms with Crippen LogP contribution in [0.4, 0.5) is 0 Å². The van der Waals surface area contributed by atoms with Crippen LogP contribution < -0.4 is 0 Å². The molecule has 1 saturated carbocycles. The molecule has 0 radical (unpaired) electrons. The van der Waals surface area contributed by atoms with Crippen LogP contribution in [0.15, 0.2) is 42.5 Å². The third kappa shape index (κ3) is 3.07. The highest BCUT2D eigenvalue weighted by molar-refractivity contribution is 5.89. The second-order valence-electron chi connectivity index (χ2n) is 7.80. The number of benzene rings is 1. The second kappa shape index (κ2) is 5.79. The number of hydrogen-bond acceptors (Lipinski definition) is 3. The summed E-state index contributed by atoms with van der Waals surface area (Å²) in [6.45, 7) is 11.7. The van der Waals surface area contributed by atoms with E-state index < -0.39 is 0 Å². The zero-order chi connectivity index (χ0) is 16.7. The summed E-state index contributed by atoms with van der Waals surface area (Å²) in [6, 6.07) is 9.17. The van der Waals surface area contributed by atoms with Crippen molar-refractivity contribution in [3.8, 4) is 0 Å². The van der Waals surface area contributed by atoms with E-state index in [9.17, 15) is 4.79 Å². The molecule has 1 heterocycles. The van der Waals surface area contributed by atoms with E-state index in [0.29, 0.717) is 30.6 Å². The van der Waals surface area contributed by atoms with Crippen LogP contribution in [0.25, 0.3) is 0 Å². The minimum absolute atomic E-state index is 0.0613. The number of ether oxygens (including phenoxy) is 2. The van der Waals surface area contributed by atoms with E-state index in [1.165, 1.54) is 5.57 Å². The molecule has 2 aliphatic rings. The molecular formula is C20H26O3. The van der Waals surface area contributed by atoms with E-state index in [1.807, 2.05) is 18.2 Å². The van der Waals surface area contributed by atoms with E-state index >= 15 is 0 Å². The molecule has 1 aliphatic heterocycles. The number of carbonyl (C=O) groups is 1. The third-order valence-electron chi connectivity index (χ3n) is 5.59. The van der Waals surface area contributed by atoms with Crippen LogP contribution >= 0.6 is 0 Å². The predicted molar refractivity (Wildman–Crippen MR) is 90.2 cm³/mol. The zero-order valence-corrected chi connectivity index (χ0v) is 14.3. The Bertz CT molecular complexity index is 605. The molecule has 2 bridgehead atoms. The van der Waals surface area contributed by atoms with Crippen LogP contribution in [0.1, 0.15) is 44.0 Å². The molecule has 3 rings (SSSR count). The molecule has 1 aromatic rings. The van der Waals surface area contributed by atoms with Gasteiger partial charge in [0, 0.05) is 5.41 Å². The molecule has 3 nitrogen and oxygen atoms in total. The van der Waals surface area contributed by atoms with E-state index in [0.717, 1.165) is 12.8 Å². The lowest BCUT2D eigenvalue weighted by atomic mass is 9.77. The number of allylic oxidation sites excluding steroid dienone is 1. The van der Waals surface area contributed by atoms with Crippen molar-refractivity contribution >= 4 is 5.97 Å². The second-order valence-corrected chi connectivity index (χ2v) is 7.80. The van der Waals surface area contributed by atoms with Crippen LogP contribution in [0.3, 0.4) is 0 Å². The summed E-state index contributed by atoms with van der Waals surface area (Å²) >= 11 is 0. The number of fused-ring (bicyclic) bond motifs is 2. The first-order valence-electron chi connectivity index (χ1n) is 8.35. The van der Waals surface area contributed by atoms with Crippen LogP contribution in [0.5, 0.6) is 0 Å².